The Kier molecular flexibility index (Phi) is 2.99. The third-order valence-corrected chi connectivity index (χ3v) is 4.27. The van der Waals surface area contributed by atoms with Crippen LogP contribution in [0.15, 0.2) is 0 Å². The SMILES string of the molecule is CC(C)(N)CS(=O)(=O)N1CCCC1. The lowest BCUT2D eigenvalue weighted by Gasteiger charge is -2.23. The number of hydrogen-bond acceptors (Lipinski definition) is 3. The van der Waals surface area contributed by atoms with Crippen molar-refractivity contribution in [2.45, 2.75) is 32.2 Å². The molecule has 1 aliphatic heterocycles. The van der Waals surface area contributed by atoms with Crippen molar-refractivity contribution < 1.29 is 8.42 Å². The first-order valence-electron chi connectivity index (χ1n) is 4.58. The van der Waals surface area contributed by atoms with Gasteiger partial charge in [0.15, 0.2) is 0 Å². The first-order chi connectivity index (χ1) is 5.81. The van der Waals surface area contributed by atoms with Crippen molar-refractivity contribution in [1.82, 2.24) is 4.31 Å². The first kappa shape index (κ1) is 10.9. The minimum absolute atomic E-state index is 0.0417. The van der Waals surface area contributed by atoms with E-state index in [1.165, 1.54) is 0 Å². The summed E-state index contributed by atoms with van der Waals surface area (Å²) in [6.07, 6.45) is 1.95. The van der Waals surface area contributed by atoms with Crippen LogP contribution in [0.3, 0.4) is 0 Å². The molecule has 0 spiro atoms. The van der Waals surface area contributed by atoms with Gasteiger partial charge in [-0.05, 0) is 26.7 Å². The van der Waals surface area contributed by atoms with Crippen LogP contribution < -0.4 is 5.73 Å². The Morgan fingerprint density at radius 2 is 1.77 bits per heavy atom. The summed E-state index contributed by atoms with van der Waals surface area (Å²) in [5, 5.41) is 0. The molecule has 13 heavy (non-hydrogen) atoms. The minimum atomic E-state index is -3.11. The van der Waals surface area contributed by atoms with Crippen molar-refractivity contribution in [2.75, 3.05) is 18.8 Å². The molecule has 1 saturated heterocycles. The van der Waals surface area contributed by atoms with Gasteiger partial charge in [0.25, 0.3) is 0 Å². The molecule has 5 heteroatoms. The lowest BCUT2D eigenvalue weighted by Crippen LogP contribution is -2.44. The molecule has 0 aliphatic carbocycles. The van der Waals surface area contributed by atoms with Crippen LogP contribution in [0.4, 0.5) is 0 Å². The van der Waals surface area contributed by atoms with Gasteiger partial charge in [-0.3, -0.25) is 0 Å². The van der Waals surface area contributed by atoms with Crippen LogP contribution in [0.1, 0.15) is 26.7 Å². The summed E-state index contributed by atoms with van der Waals surface area (Å²) in [7, 11) is -3.11. The molecule has 0 atom stereocenters. The maximum Gasteiger partial charge on any atom is 0.215 e. The van der Waals surface area contributed by atoms with Crippen LogP contribution in [0.5, 0.6) is 0 Å². The van der Waals surface area contributed by atoms with Crippen LogP contribution >= 0.6 is 0 Å². The number of rotatable bonds is 3. The van der Waals surface area contributed by atoms with Crippen LogP contribution in [-0.4, -0.2) is 37.1 Å². The van der Waals surface area contributed by atoms with Gasteiger partial charge >= 0.3 is 0 Å². The molecule has 0 aromatic heterocycles. The lowest BCUT2D eigenvalue weighted by atomic mass is 10.1. The average Bonchev–Trinajstić information content (AvgIpc) is 2.29. The quantitative estimate of drug-likeness (QED) is 0.715. The highest BCUT2D eigenvalue weighted by molar-refractivity contribution is 7.89. The van der Waals surface area contributed by atoms with E-state index in [1.807, 2.05) is 0 Å². The second-order valence-corrected chi connectivity index (χ2v) is 6.32. The van der Waals surface area contributed by atoms with Gasteiger partial charge in [-0.15, -0.1) is 0 Å². The molecule has 1 rings (SSSR count). The Labute approximate surface area is 80.1 Å². The van der Waals surface area contributed by atoms with Crippen molar-refractivity contribution in [3.63, 3.8) is 0 Å². The summed E-state index contributed by atoms with van der Waals surface area (Å²) in [4.78, 5) is 0. The number of nitrogens with two attached hydrogens (primary N) is 1. The lowest BCUT2D eigenvalue weighted by molar-refractivity contribution is 0.459. The predicted octanol–water partition coefficient (Wildman–Crippen LogP) is 0.149. The van der Waals surface area contributed by atoms with Gasteiger partial charge in [0.2, 0.25) is 10.0 Å². The van der Waals surface area contributed by atoms with Gasteiger partial charge in [-0.2, -0.15) is 0 Å². The topological polar surface area (TPSA) is 63.4 Å². The second kappa shape index (κ2) is 3.55. The zero-order valence-corrected chi connectivity index (χ0v) is 9.10. The smallest absolute Gasteiger partial charge is 0.215 e. The Balaban J connectivity index is 2.66. The van der Waals surface area contributed by atoms with Crippen LogP contribution in [-0.2, 0) is 10.0 Å². The van der Waals surface area contributed by atoms with E-state index in [9.17, 15) is 8.42 Å². The standard InChI is InChI=1S/C8H18N2O2S/c1-8(2,9)7-13(11,12)10-5-3-4-6-10/h3-7,9H2,1-2H3. The molecule has 0 aromatic rings. The Morgan fingerprint density at radius 3 is 2.15 bits per heavy atom. The van der Waals surface area contributed by atoms with E-state index in [1.54, 1.807) is 18.2 Å². The fraction of sp³-hybridized carbons (Fsp3) is 1.00. The van der Waals surface area contributed by atoms with Gasteiger partial charge in [0.05, 0.1) is 5.75 Å². The summed E-state index contributed by atoms with van der Waals surface area (Å²) in [5.41, 5.74) is 5.05. The molecule has 0 amide bonds. The van der Waals surface area contributed by atoms with Crippen molar-refractivity contribution in [1.29, 1.82) is 0 Å². The monoisotopic (exact) mass is 206 g/mol. The molecule has 0 radical (unpaired) electrons. The van der Waals surface area contributed by atoms with E-state index in [4.69, 9.17) is 5.73 Å². The van der Waals surface area contributed by atoms with E-state index in [0.29, 0.717) is 13.1 Å². The summed E-state index contributed by atoms with van der Waals surface area (Å²) in [6.45, 7) is 4.80. The molecule has 2 N–H and O–H groups in total. The third-order valence-electron chi connectivity index (χ3n) is 2.01. The summed E-state index contributed by atoms with van der Waals surface area (Å²) < 4.78 is 24.9. The molecule has 1 heterocycles. The van der Waals surface area contributed by atoms with Crippen molar-refractivity contribution >= 4 is 10.0 Å². The summed E-state index contributed by atoms with van der Waals surface area (Å²) in [6, 6.07) is 0. The van der Waals surface area contributed by atoms with E-state index in [2.05, 4.69) is 0 Å². The van der Waals surface area contributed by atoms with Crippen molar-refractivity contribution in [3.8, 4) is 0 Å². The van der Waals surface area contributed by atoms with Crippen molar-refractivity contribution in [3.05, 3.63) is 0 Å². The van der Waals surface area contributed by atoms with Crippen LogP contribution in [0, 0.1) is 0 Å². The molecule has 0 bridgehead atoms. The maximum absolute atomic E-state index is 11.7. The highest BCUT2D eigenvalue weighted by Gasteiger charge is 2.29. The molecular formula is C8H18N2O2S. The van der Waals surface area contributed by atoms with Crippen LogP contribution in [0.25, 0.3) is 0 Å². The predicted molar refractivity (Wildman–Crippen MR) is 52.9 cm³/mol. The van der Waals surface area contributed by atoms with Gasteiger partial charge in [-0.25, -0.2) is 12.7 Å². The molecule has 78 valence electrons. The highest BCUT2D eigenvalue weighted by Crippen LogP contribution is 2.15. The van der Waals surface area contributed by atoms with E-state index in [-0.39, 0.29) is 5.75 Å². The fourth-order valence-corrected chi connectivity index (χ4v) is 3.47. The summed E-state index contributed by atoms with van der Waals surface area (Å²) >= 11 is 0. The second-order valence-electron chi connectivity index (χ2n) is 4.35. The molecule has 0 aromatic carbocycles. The normalized spacial score (nSPS) is 20.8. The maximum atomic E-state index is 11.7. The zero-order valence-electron chi connectivity index (χ0n) is 8.28. The van der Waals surface area contributed by atoms with Gasteiger partial charge < -0.3 is 5.73 Å². The average molecular weight is 206 g/mol. The number of hydrogen-bond donors (Lipinski definition) is 1. The Bertz CT molecular complexity index is 260. The number of nitrogens with zero attached hydrogens (tertiary/aromatic N) is 1. The molecule has 1 fully saturated rings. The Hall–Kier alpha value is -0.130. The molecule has 0 saturated carbocycles. The molecule has 1 aliphatic rings. The minimum Gasteiger partial charge on any atom is -0.325 e. The molecule has 4 nitrogen and oxygen atoms in total. The first-order valence-corrected chi connectivity index (χ1v) is 6.19. The fourth-order valence-electron chi connectivity index (χ4n) is 1.53. The van der Waals surface area contributed by atoms with Crippen LogP contribution in [0.2, 0.25) is 0 Å². The Morgan fingerprint density at radius 1 is 1.31 bits per heavy atom. The molecule has 0 unspecified atom stereocenters. The largest absolute Gasteiger partial charge is 0.325 e. The van der Waals surface area contributed by atoms with Crippen molar-refractivity contribution in [2.24, 2.45) is 5.73 Å². The van der Waals surface area contributed by atoms with Gasteiger partial charge in [-0.1, -0.05) is 0 Å². The zero-order chi connectivity index (χ0) is 10.1. The van der Waals surface area contributed by atoms with Gasteiger partial charge in [0.1, 0.15) is 0 Å². The van der Waals surface area contributed by atoms with E-state index >= 15 is 0 Å². The van der Waals surface area contributed by atoms with E-state index in [0.717, 1.165) is 12.8 Å². The summed E-state index contributed by atoms with van der Waals surface area (Å²) in [5.74, 6) is 0.0417. The third kappa shape index (κ3) is 3.25. The molecular weight excluding hydrogens is 188 g/mol. The highest BCUT2D eigenvalue weighted by atomic mass is 32.2. The van der Waals surface area contributed by atoms with E-state index < -0.39 is 15.6 Å². The number of sulfonamides is 1. The van der Waals surface area contributed by atoms with Gasteiger partial charge in [0, 0.05) is 18.6 Å².